The molecule has 2 rings (SSSR count). The Morgan fingerprint density at radius 2 is 2.33 bits per heavy atom. The lowest BCUT2D eigenvalue weighted by molar-refractivity contribution is 0.0941. The second-order valence-electron chi connectivity index (χ2n) is 4.11. The van der Waals surface area contributed by atoms with Crippen molar-refractivity contribution in [2.75, 3.05) is 6.61 Å². The highest BCUT2D eigenvalue weighted by molar-refractivity contribution is 9.11. The minimum absolute atomic E-state index is 0.329. The van der Waals surface area contributed by atoms with Gasteiger partial charge in [-0.05, 0) is 46.8 Å². The topological polar surface area (TPSA) is 9.23 Å². The molecule has 4 heteroatoms. The average molecular weight is 354 g/mol. The zero-order valence-corrected chi connectivity index (χ0v) is 12.8. The third kappa shape index (κ3) is 2.48. The number of hydrogen-bond donors (Lipinski definition) is 0. The summed E-state index contributed by atoms with van der Waals surface area (Å²) in [5.74, 6) is 0.649. The van der Waals surface area contributed by atoms with Crippen molar-refractivity contribution in [2.45, 2.75) is 31.2 Å². The number of halogens is 2. The van der Waals surface area contributed by atoms with E-state index < -0.39 is 0 Å². The van der Waals surface area contributed by atoms with Crippen LogP contribution in [-0.2, 0) is 4.74 Å². The highest BCUT2D eigenvalue weighted by Crippen LogP contribution is 2.42. The van der Waals surface area contributed by atoms with Crippen molar-refractivity contribution in [3.63, 3.8) is 0 Å². The molecule has 1 aromatic rings. The first-order valence-corrected chi connectivity index (χ1v) is 7.63. The van der Waals surface area contributed by atoms with Gasteiger partial charge in [0.2, 0.25) is 0 Å². The summed E-state index contributed by atoms with van der Waals surface area (Å²) in [4.78, 5) is 1.70. The van der Waals surface area contributed by atoms with Gasteiger partial charge in [0, 0.05) is 11.5 Å². The fourth-order valence-electron chi connectivity index (χ4n) is 1.87. The number of ether oxygens (including phenoxy) is 1. The van der Waals surface area contributed by atoms with E-state index in [1.807, 2.05) is 0 Å². The Morgan fingerprint density at radius 3 is 2.80 bits per heavy atom. The molecule has 1 nitrogen and oxygen atoms in total. The summed E-state index contributed by atoms with van der Waals surface area (Å²) in [5, 5.41) is 0. The fourth-order valence-corrected chi connectivity index (χ4v) is 4.54. The molecule has 0 bridgehead atoms. The molecule has 0 spiro atoms. The van der Waals surface area contributed by atoms with Crippen LogP contribution in [0.25, 0.3) is 0 Å². The number of rotatable bonds is 2. The van der Waals surface area contributed by atoms with Gasteiger partial charge in [0.1, 0.15) is 0 Å². The van der Waals surface area contributed by atoms with Crippen molar-refractivity contribution in [3.05, 3.63) is 20.3 Å². The zero-order chi connectivity index (χ0) is 11.0. The number of aryl methyl sites for hydroxylation is 1. The molecular formula is C11H14Br2OS. The van der Waals surface area contributed by atoms with Gasteiger partial charge < -0.3 is 4.74 Å². The molecule has 0 saturated carbocycles. The van der Waals surface area contributed by atoms with Crippen LogP contribution in [0.3, 0.4) is 0 Å². The summed E-state index contributed by atoms with van der Waals surface area (Å²) in [6, 6.07) is 2.24. The Kier molecular flexibility index (Phi) is 3.92. The second-order valence-corrected chi connectivity index (χ2v) is 7.50. The fraction of sp³-hybridized carbons (Fsp3) is 0.636. The summed E-state index contributed by atoms with van der Waals surface area (Å²) in [5.41, 5.74) is 1.31. The Bertz CT molecular complexity index is 331. The van der Waals surface area contributed by atoms with Crippen LogP contribution in [0.5, 0.6) is 0 Å². The van der Waals surface area contributed by atoms with E-state index in [1.54, 1.807) is 11.3 Å². The van der Waals surface area contributed by atoms with Crippen molar-refractivity contribution < 1.29 is 4.74 Å². The quantitative estimate of drug-likeness (QED) is 0.701. The maximum absolute atomic E-state index is 5.78. The highest BCUT2D eigenvalue weighted by Gasteiger charge is 2.32. The molecule has 1 aromatic heterocycles. The Hall–Kier alpha value is 0.620. The Morgan fingerprint density at radius 1 is 1.60 bits per heavy atom. The summed E-state index contributed by atoms with van der Waals surface area (Å²) in [6.45, 7) is 5.30. The maximum atomic E-state index is 5.78. The minimum atomic E-state index is 0.329. The lowest BCUT2D eigenvalue weighted by atomic mass is 10.0. The number of thiophene rings is 1. The third-order valence-corrected chi connectivity index (χ3v) is 6.42. The van der Waals surface area contributed by atoms with E-state index in [2.05, 4.69) is 51.8 Å². The normalized spacial score (nSPS) is 28.3. The highest BCUT2D eigenvalue weighted by atomic mass is 79.9. The molecule has 1 fully saturated rings. The molecule has 0 aliphatic carbocycles. The molecule has 1 aliphatic heterocycles. The molecule has 84 valence electrons. The standard InChI is InChI=1S/C11H14Br2OS/c1-6-3-4-14-10(6)9(12)8-5-7(2)11(13)15-8/h5-6,9-10H,3-4H2,1-2H3. The van der Waals surface area contributed by atoms with E-state index in [-0.39, 0.29) is 0 Å². The second kappa shape index (κ2) is 4.86. The van der Waals surface area contributed by atoms with E-state index in [1.165, 1.54) is 20.6 Å². The van der Waals surface area contributed by atoms with E-state index in [4.69, 9.17) is 4.74 Å². The molecule has 15 heavy (non-hydrogen) atoms. The average Bonchev–Trinajstić information content (AvgIpc) is 2.74. The molecule has 0 N–H and O–H groups in total. The van der Waals surface area contributed by atoms with Crippen molar-refractivity contribution >= 4 is 43.2 Å². The van der Waals surface area contributed by atoms with Crippen LogP contribution < -0.4 is 0 Å². The molecule has 0 amide bonds. The number of hydrogen-bond acceptors (Lipinski definition) is 2. The minimum Gasteiger partial charge on any atom is -0.376 e. The predicted molar refractivity (Wildman–Crippen MR) is 71.9 cm³/mol. The van der Waals surface area contributed by atoms with Gasteiger partial charge in [-0.1, -0.05) is 22.9 Å². The van der Waals surface area contributed by atoms with Gasteiger partial charge in [-0.2, -0.15) is 0 Å². The van der Waals surface area contributed by atoms with Crippen molar-refractivity contribution in [1.82, 2.24) is 0 Å². The zero-order valence-electron chi connectivity index (χ0n) is 8.80. The van der Waals surface area contributed by atoms with Gasteiger partial charge in [0.25, 0.3) is 0 Å². The molecule has 3 atom stereocenters. The Labute approximate surface area is 111 Å². The van der Waals surface area contributed by atoms with Crippen LogP contribution in [0, 0.1) is 12.8 Å². The van der Waals surface area contributed by atoms with Crippen molar-refractivity contribution in [3.8, 4) is 0 Å². The predicted octanol–water partition coefficient (Wildman–Crippen LogP) is 4.68. The largest absolute Gasteiger partial charge is 0.376 e. The van der Waals surface area contributed by atoms with Crippen LogP contribution >= 0.6 is 43.2 Å². The lowest BCUT2D eigenvalue weighted by Gasteiger charge is -2.19. The smallest absolute Gasteiger partial charge is 0.0775 e. The number of alkyl halides is 1. The van der Waals surface area contributed by atoms with E-state index in [0.29, 0.717) is 16.8 Å². The van der Waals surface area contributed by atoms with Gasteiger partial charge in [-0.3, -0.25) is 0 Å². The first-order valence-electron chi connectivity index (χ1n) is 5.11. The molecule has 0 radical (unpaired) electrons. The summed E-state index contributed by atoms with van der Waals surface area (Å²) >= 11 is 9.13. The van der Waals surface area contributed by atoms with E-state index >= 15 is 0 Å². The van der Waals surface area contributed by atoms with Gasteiger partial charge in [0.15, 0.2) is 0 Å². The van der Waals surface area contributed by atoms with Crippen LogP contribution in [0.1, 0.15) is 28.6 Å². The van der Waals surface area contributed by atoms with Gasteiger partial charge in [-0.15, -0.1) is 11.3 Å². The third-order valence-electron chi connectivity index (χ3n) is 2.88. The molecule has 1 saturated heterocycles. The van der Waals surface area contributed by atoms with Crippen LogP contribution in [0.2, 0.25) is 0 Å². The SMILES string of the molecule is Cc1cc(C(Br)C2OCCC2C)sc1Br. The molecular weight excluding hydrogens is 340 g/mol. The summed E-state index contributed by atoms with van der Waals surface area (Å²) in [6.07, 6.45) is 1.51. The van der Waals surface area contributed by atoms with Crippen molar-refractivity contribution in [1.29, 1.82) is 0 Å². The lowest BCUT2D eigenvalue weighted by Crippen LogP contribution is -2.18. The van der Waals surface area contributed by atoms with Gasteiger partial charge in [-0.25, -0.2) is 0 Å². The van der Waals surface area contributed by atoms with Crippen LogP contribution in [0.4, 0.5) is 0 Å². The van der Waals surface area contributed by atoms with E-state index in [9.17, 15) is 0 Å². The molecule has 1 aliphatic rings. The van der Waals surface area contributed by atoms with Gasteiger partial charge >= 0.3 is 0 Å². The summed E-state index contributed by atoms with van der Waals surface area (Å²) in [7, 11) is 0. The molecule has 2 heterocycles. The first kappa shape index (κ1) is 12.1. The molecule has 3 unspecified atom stereocenters. The molecule has 0 aromatic carbocycles. The summed E-state index contributed by atoms with van der Waals surface area (Å²) < 4.78 is 7.00. The first-order chi connectivity index (χ1) is 7.09. The van der Waals surface area contributed by atoms with Crippen molar-refractivity contribution in [2.24, 2.45) is 5.92 Å². The monoisotopic (exact) mass is 352 g/mol. The van der Waals surface area contributed by atoms with Crippen LogP contribution in [0.15, 0.2) is 9.85 Å². The van der Waals surface area contributed by atoms with Crippen LogP contribution in [-0.4, -0.2) is 12.7 Å². The van der Waals surface area contributed by atoms with E-state index in [0.717, 1.165) is 6.61 Å². The van der Waals surface area contributed by atoms with Gasteiger partial charge in [0.05, 0.1) is 14.7 Å². The maximum Gasteiger partial charge on any atom is 0.0775 e. The Balaban J connectivity index is 2.16.